The third kappa shape index (κ3) is 4.43. The van der Waals surface area contributed by atoms with Gasteiger partial charge in [0, 0.05) is 0 Å². The average Bonchev–Trinajstić information content (AvgIpc) is 1.99. The zero-order chi connectivity index (χ0) is 13.1. The number of hydrogen-bond donors (Lipinski definition) is 0. The van der Waals surface area contributed by atoms with E-state index in [0.29, 0.717) is 0 Å². The monoisotopic (exact) mass is 266 g/mol. The van der Waals surface area contributed by atoms with Gasteiger partial charge in [-0.3, -0.25) is 9.47 Å². The number of hydrogen-bond acceptors (Lipinski definition) is 2. The van der Waals surface area contributed by atoms with Crippen LogP contribution in [-0.2, 0) is 9.47 Å². The van der Waals surface area contributed by atoms with Crippen molar-refractivity contribution >= 4 is 0 Å². The van der Waals surface area contributed by atoms with Crippen LogP contribution in [0.2, 0.25) is 0 Å². The summed E-state index contributed by atoms with van der Waals surface area (Å²) in [7, 11) is 0. The fourth-order valence-corrected chi connectivity index (χ4v) is 0.373. The zero-order valence-electron chi connectivity index (χ0n) is 6.95. The number of ether oxygens (including phenoxy) is 2. The third-order valence-electron chi connectivity index (χ3n) is 1.01. The van der Waals surface area contributed by atoms with Crippen molar-refractivity contribution in [2.45, 2.75) is 31.6 Å². The van der Waals surface area contributed by atoms with Crippen molar-refractivity contribution in [2.75, 3.05) is 0 Å². The number of halogens is 9. The summed E-state index contributed by atoms with van der Waals surface area (Å²) < 4.78 is 109. The van der Waals surface area contributed by atoms with E-state index >= 15 is 0 Å². The molecule has 0 rings (SSSR count). The van der Waals surface area contributed by atoms with Gasteiger partial charge in [0.15, 0.2) is 0 Å². The van der Waals surface area contributed by atoms with E-state index in [2.05, 4.69) is 9.47 Å². The van der Waals surface area contributed by atoms with Crippen molar-refractivity contribution in [1.29, 1.82) is 0 Å². The van der Waals surface area contributed by atoms with Crippen molar-refractivity contribution < 1.29 is 49.0 Å². The summed E-state index contributed by atoms with van der Waals surface area (Å²) in [4.78, 5) is 0. The average molecular weight is 266 g/mol. The lowest BCUT2D eigenvalue weighted by Gasteiger charge is -2.22. The Morgan fingerprint density at radius 2 is 1.25 bits per heavy atom. The van der Waals surface area contributed by atoms with Crippen molar-refractivity contribution in [3.05, 3.63) is 0 Å². The molecule has 0 aliphatic rings. The molecule has 0 aromatic rings. The van der Waals surface area contributed by atoms with Gasteiger partial charge in [0.05, 0.1) is 0 Å². The molecule has 0 amide bonds. The van der Waals surface area contributed by atoms with Crippen LogP contribution in [0.4, 0.5) is 39.5 Å². The highest BCUT2D eigenvalue weighted by molar-refractivity contribution is 4.63. The Hall–Kier alpha value is -0.710. The first-order valence-corrected chi connectivity index (χ1v) is 3.31. The zero-order valence-corrected chi connectivity index (χ0v) is 6.95. The van der Waals surface area contributed by atoms with Gasteiger partial charge in [-0.25, -0.2) is 13.2 Å². The van der Waals surface area contributed by atoms with Crippen LogP contribution >= 0.6 is 0 Å². The van der Waals surface area contributed by atoms with Crippen LogP contribution in [-0.4, -0.2) is 31.6 Å². The Morgan fingerprint density at radius 1 is 0.812 bits per heavy atom. The topological polar surface area (TPSA) is 18.5 Å². The molecule has 16 heavy (non-hydrogen) atoms. The summed E-state index contributed by atoms with van der Waals surface area (Å²) in [6, 6.07) is 0. The van der Waals surface area contributed by atoms with Crippen LogP contribution in [0.15, 0.2) is 0 Å². The number of alkyl halides is 9. The van der Waals surface area contributed by atoms with Crippen molar-refractivity contribution in [3.63, 3.8) is 0 Å². The highest BCUT2D eigenvalue weighted by atomic mass is 19.4. The van der Waals surface area contributed by atoms with E-state index in [0.717, 1.165) is 0 Å². The highest BCUT2D eigenvalue weighted by Crippen LogP contribution is 2.37. The highest BCUT2D eigenvalue weighted by Gasteiger charge is 2.61. The molecule has 0 radical (unpaired) electrons. The Kier molecular flexibility index (Phi) is 4.85. The molecule has 11 heteroatoms. The van der Waals surface area contributed by atoms with Crippen LogP contribution in [0.5, 0.6) is 0 Å². The lowest BCUT2D eigenvalue weighted by atomic mass is 10.6. The Balaban J connectivity index is 4.30. The van der Waals surface area contributed by atoms with Gasteiger partial charge in [-0.2, -0.15) is 26.3 Å². The summed E-state index contributed by atoms with van der Waals surface area (Å²) in [5.74, 6) is 0. The first-order valence-electron chi connectivity index (χ1n) is 3.31. The first-order chi connectivity index (χ1) is 6.97. The van der Waals surface area contributed by atoms with E-state index in [1.54, 1.807) is 0 Å². The second kappa shape index (κ2) is 5.08. The van der Waals surface area contributed by atoms with E-state index in [1.807, 2.05) is 0 Å². The SMILES string of the molecule is FC(OC(F)C(F)F)OC(F)(F)C(F)(F)F. The van der Waals surface area contributed by atoms with Gasteiger partial charge < -0.3 is 0 Å². The van der Waals surface area contributed by atoms with Gasteiger partial charge in [0.1, 0.15) is 0 Å². The second-order valence-corrected chi connectivity index (χ2v) is 2.23. The lowest BCUT2D eigenvalue weighted by Crippen LogP contribution is -2.42. The summed E-state index contributed by atoms with van der Waals surface area (Å²) in [6.07, 6.45) is -19.9. The maximum Gasteiger partial charge on any atom is 0.483 e. The molecule has 0 N–H and O–H groups in total. The fourth-order valence-electron chi connectivity index (χ4n) is 0.373. The second-order valence-electron chi connectivity index (χ2n) is 2.23. The van der Waals surface area contributed by atoms with Crippen molar-refractivity contribution in [1.82, 2.24) is 0 Å². The minimum Gasteiger partial charge on any atom is -0.286 e. The Bertz CT molecular complexity index is 214. The molecule has 0 fully saturated rings. The van der Waals surface area contributed by atoms with E-state index in [-0.39, 0.29) is 0 Å². The molecule has 2 nitrogen and oxygen atoms in total. The molecular weight excluding hydrogens is 263 g/mol. The quantitative estimate of drug-likeness (QED) is 0.562. The van der Waals surface area contributed by atoms with Gasteiger partial charge >= 0.3 is 18.8 Å². The third-order valence-corrected chi connectivity index (χ3v) is 1.01. The van der Waals surface area contributed by atoms with Gasteiger partial charge in [-0.05, 0) is 0 Å². The Labute approximate surface area is 81.9 Å². The minimum absolute atomic E-state index is 2.30. The van der Waals surface area contributed by atoms with Gasteiger partial charge in [0.2, 0.25) is 0 Å². The molecule has 2 atom stereocenters. The van der Waals surface area contributed by atoms with Gasteiger partial charge in [-0.1, -0.05) is 0 Å². The van der Waals surface area contributed by atoms with E-state index in [4.69, 9.17) is 0 Å². The predicted octanol–water partition coefficient (Wildman–Crippen LogP) is 2.99. The molecule has 0 bridgehead atoms. The maximum atomic E-state index is 12.0. The van der Waals surface area contributed by atoms with Gasteiger partial charge in [0.25, 0.3) is 12.8 Å². The molecule has 0 aliphatic heterocycles. The summed E-state index contributed by atoms with van der Waals surface area (Å²) in [6.45, 7) is -3.99. The van der Waals surface area contributed by atoms with Crippen LogP contribution in [0.25, 0.3) is 0 Å². The van der Waals surface area contributed by atoms with Crippen LogP contribution < -0.4 is 0 Å². The normalized spacial score (nSPS) is 17.6. The van der Waals surface area contributed by atoms with E-state index < -0.39 is 31.6 Å². The lowest BCUT2D eigenvalue weighted by molar-refractivity contribution is -0.450. The molecule has 0 saturated carbocycles. The molecule has 0 aromatic heterocycles. The largest absolute Gasteiger partial charge is 0.483 e. The molecule has 98 valence electrons. The summed E-state index contributed by atoms with van der Waals surface area (Å²) >= 11 is 0. The van der Waals surface area contributed by atoms with Crippen molar-refractivity contribution in [2.24, 2.45) is 0 Å². The standard InChI is InChI=1S/C5H3F9O2/c6-1(7)2(8)15-3(9)16-5(13,14)4(10,11)12/h1-3H. The van der Waals surface area contributed by atoms with Gasteiger partial charge in [-0.15, -0.1) is 0 Å². The Morgan fingerprint density at radius 3 is 1.56 bits per heavy atom. The molecule has 0 spiro atoms. The maximum absolute atomic E-state index is 12.0. The summed E-state index contributed by atoms with van der Waals surface area (Å²) in [5.41, 5.74) is 0. The summed E-state index contributed by atoms with van der Waals surface area (Å²) in [5, 5.41) is 0. The smallest absolute Gasteiger partial charge is 0.286 e. The fraction of sp³-hybridized carbons (Fsp3) is 1.00. The molecule has 0 aromatic carbocycles. The predicted molar refractivity (Wildman–Crippen MR) is 29.0 cm³/mol. The number of rotatable bonds is 5. The van der Waals surface area contributed by atoms with Crippen LogP contribution in [0, 0.1) is 0 Å². The van der Waals surface area contributed by atoms with E-state index in [9.17, 15) is 39.5 Å². The first kappa shape index (κ1) is 15.3. The van der Waals surface area contributed by atoms with Crippen molar-refractivity contribution in [3.8, 4) is 0 Å². The van der Waals surface area contributed by atoms with E-state index in [1.165, 1.54) is 0 Å². The minimum atomic E-state index is -6.28. The van der Waals surface area contributed by atoms with Crippen LogP contribution in [0.3, 0.4) is 0 Å². The molecule has 0 heterocycles. The van der Waals surface area contributed by atoms with Crippen LogP contribution in [0.1, 0.15) is 0 Å². The molecular formula is C5H3F9O2. The molecule has 0 aliphatic carbocycles. The molecule has 2 unspecified atom stereocenters. The molecule has 0 saturated heterocycles.